The third kappa shape index (κ3) is 3.96. The number of carbonyl (C=O) groups is 2. The summed E-state index contributed by atoms with van der Waals surface area (Å²) in [5.74, 6) is -0.0942. The molecule has 0 bridgehead atoms. The van der Waals surface area contributed by atoms with Gasteiger partial charge < -0.3 is 15.1 Å². The van der Waals surface area contributed by atoms with Gasteiger partial charge in [0.1, 0.15) is 5.69 Å². The normalized spacial score (nSPS) is 14.3. The lowest BCUT2D eigenvalue weighted by Crippen LogP contribution is -2.48. The fraction of sp³-hybridized carbons (Fsp3) is 0.316. The molecule has 0 atom stereocenters. The molecule has 6 heteroatoms. The van der Waals surface area contributed by atoms with E-state index in [9.17, 15) is 9.59 Å². The van der Waals surface area contributed by atoms with E-state index in [1.165, 1.54) is 11.1 Å². The molecular formula is C19H22N4O2. The van der Waals surface area contributed by atoms with E-state index in [0.29, 0.717) is 31.9 Å². The van der Waals surface area contributed by atoms with Gasteiger partial charge >= 0.3 is 0 Å². The molecule has 0 saturated carbocycles. The average Bonchev–Trinajstić information content (AvgIpc) is 2.65. The fourth-order valence-electron chi connectivity index (χ4n) is 2.77. The summed E-state index contributed by atoms with van der Waals surface area (Å²) in [5, 5.41) is 3.30. The molecule has 3 rings (SSSR count). The topological polar surface area (TPSA) is 65.5 Å². The molecule has 0 spiro atoms. The molecule has 1 saturated heterocycles. The third-order valence-corrected chi connectivity index (χ3v) is 4.53. The lowest BCUT2D eigenvalue weighted by molar-refractivity contribution is -0.119. The number of aryl methyl sites for hydroxylation is 2. The van der Waals surface area contributed by atoms with Gasteiger partial charge in [-0.2, -0.15) is 0 Å². The zero-order valence-electron chi connectivity index (χ0n) is 14.5. The van der Waals surface area contributed by atoms with Crippen LogP contribution in [0.5, 0.6) is 0 Å². The Balaban J connectivity index is 1.64. The van der Waals surface area contributed by atoms with Crippen LogP contribution in [0, 0.1) is 13.8 Å². The maximum atomic E-state index is 12.5. The van der Waals surface area contributed by atoms with E-state index in [0.717, 1.165) is 17.8 Å². The Morgan fingerprint density at radius 3 is 2.36 bits per heavy atom. The van der Waals surface area contributed by atoms with Crippen LogP contribution in [0.2, 0.25) is 0 Å². The summed E-state index contributed by atoms with van der Waals surface area (Å²) < 4.78 is 0. The average molecular weight is 338 g/mol. The molecular weight excluding hydrogens is 316 g/mol. The van der Waals surface area contributed by atoms with Gasteiger partial charge in [0.05, 0.1) is 11.9 Å². The number of pyridine rings is 1. The van der Waals surface area contributed by atoms with Crippen LogP contribution in [0.25, 0.3) is 0 Å². The van der Waals surface area contributed by atoms with Crippen LogP contribution in [0.3, 0.4) is 0 Å². The van der Waals surface area contributed by atoms with Gasteiger partial charge in [-0.05, 0) is 49.2 Å². The summed E-state index contributed by atoms with van der Waals surface area (Å²) in [6, 6.07) is 9.77. The Bertz CT molecular complexity index is 765. The number of nitrogens with zero attached hydrogens (tertiary/aromatic N) is 3. The van der Waals surface area contributed by atoms with Crippen molar-refractivity contribution in [2.45, 2.75) is 13.8 Å². The number of aromatic nitrogens is 1. The summed E-state index contributed by atoms with van der Waals surface area (Å²) in [4.78, 5) is 30.9. The number of amides is 2. The minimum absolute atomic E-state index is 0.0942. The summed E-state index contributed by atoms with van der Waals surface area (Å²) in [6.07, 6.45) is 2.50. The highest BCUT2D eigenvalue weighted by Crippen LogP contribution is 2.19. The van der Waals surface area contributed by atoms with Crippen LogP contribution in [-0.4, -0.2) is 53.3 Å². The Kier molecular flexibility index (Phi) is 4.97. The molecule has 2 amide bonds. The zero-order valence-corrected chi connectivity index (χ0v) is 14.5. The number of anilines is 2. The van der Waals surface area contributed by atoms with Crippen molar-refractivity contribution in [1.29, 1.82) is 0 Å². The predicted molar refractivity (Wildman–Crippen MR) is 97.0 cm³/mol. The summed E-state index contributed by atoms with van der Waals surface area (Å²) in [6.45, 7) is 6.38. The monoisotopic (exact) mass is 338 g/mol. The second kappa shape index (κ2) is 7.34. The van der Waals surface area contributed by atoms with Crippen molar-refractivity contribution < 1.29 is 9.59 Å². The molecule has 1 aliphatic heterocycles. The first kappa shape index (κ1) is 17.0. The Hall–Kier alpha value is -2.89. The van der Waals surface area contributed by atoms with Crippen molar-refractivity contribution in [1.82, 2.24) is 14.8 Å². The molecule has 1 fully saturated rings. The molecule has 1 N–H and O–H groups in total. The van der Waals surface area contributed by atoms with E-state index >= 15 is 0 Å². The van der Waals surface area contributed by atoms with Crippen LogP contribution < -0.4 is 5.32 Å². The lowest BCUT2D eigenvalue weighted by Gasteiger charge is -2.32. The predicted octanol–water partition coefficient (Wildman–Crippen LogP) is 2.36. The molecule has 6 nitrogen and oxygen atoms in total. The largest absolute Gasteiger partial charge is 0.354 e. The molecule has 1 aliphatic rings. The molecule has 1 aromatic heterocycles. The lowest BCUT2D eigenvalue weighted by atomic mass is 10.1. The van der Waals surface area contributed by atoms with Crippen molar-refractivity contribution in [3.63, 3.8) is 0 Å². The quantitative estimate of drug-likeness (QED) is 0.869. The van der Waals surface area contributed by atoms with Gasteiger partial charge in [-0.3, -0.25) is 9.59 Å². The van der Waals surface area contributed by atoms with Crippen molar-refractivity contribution >= 4 is 23.7 Å². The molecule has 0 unspecified atom stereocenters. The van der Waals surface area contributed by atoms with E-state index in [4.69, 9.17) is 0 Å². The van der Waals surface area contributed by atoms with E-state index in [-0.39, 0.29) is 5.91 Å². The van der Waals surface area contributed by atoms with Crippen LogP contribution >= 0.6 is 0 Å². The van der Waals surface area contributed by atoms with E-state index in [2.05, 4.69) is 36.3 Å². The van der Waals surface area contributed by atoms with Crippen molar-refractivity contribution in [2.24, 2.45) is 0 Å². The molecule has 2 aromatic rings. The number of benzene rings is 1. The van der Waals surface area contributed by atoms with Crippen LogP contribution in [0.1, 0.15) is 21.6 Å². The van der Waals surface area contributed by atoms with Gasteiger partial charge in [-0.1, -0.05) is 6.07 Å². The second-order valence-corrected chi connectivity index (χ2v) is 6.29. The Morgan fingerprint density at radius 2 is 1.76 bits per heavy atom. The number of piperazine rings is 1. The summed E-state index contributed by atoms with van der Waals surface area (Å²) in [7, 11) is 0. The van der Waals surface area contributed by atoms with Crippen LogP contribution in [0.15, 0.2) is 36.5 Å². The first-order valence-corrected chi connectivity index (χ1v) is 8.36. The third-order valence-electron chi connectivity index (χ3n) is 4.53. The molecule has 0 radical (unpaired) electrons. The SMILES string of the molecule is Cc1ccc(Nc2ccc(C(=O)N3CCN(C=O)CC3)nc2)cc1C. The molecule has 2 heterocycles. The Labute approximate surface area is 147 Å². The number of nitrogens with one attached hydrogen (secondary N) is 1. The Morgan fingerprint density at radius 1 is 1.04 bits per heavy atom. The number of hydrogen-bond acceptors (Lipinski definition) is 4. The highest BCUT2D eigenvalue weighted by molar-refractivity contribution is 5.92. The van der Waals surface area contributed by atoms with Gasteiger partial charge in [-0.25, -0.2) is 4.98 Å². The highest BCUT2D eigenvalue weighted by Gasteiger charge is 2.22. The summed E-state index contributed by atoms with van der Waals surface area (Å²) >= 11 is 0. The number of rotatable bonds is 4. The fourth-order valence-corrected chi connectivity index (χ4v) is 2.77. The molecule has 0 aliphatic carbocycles. The maximum absolute atomic E-state index is 12.5. The minimum atomic E-state index is -0.0942. The van der Waals surface area contributed by atoms with Crippen LogP contribution in [0.4, 0.5) is 11.4 Å². The highest BCUT2D eigenvalue weighted by atomic mass is 16.2. The smallest absolute Gasteiger partial charge is 0.272 e. The van der Waals surface area contributed by atoms with Crippen molar-refractivity contribution in [3.8, 4) is 0 Å². The van der Waals surface area contributed by atoms with Crippen LogP contribution in [-0.2, 0) is 4.79 Å². The van der Waals surface area contributed by atoms with Gasteiger partial charge in [0.15, 0.2) is 0 Å². The van der Waals surface area contributed by atoms with E-state index < -0.39 is 0 Å². The van der Waals surface area contributed by atoms with Crippen molar-refractivity contribution in [2.75, 3.05) is 31.5 Å². The molecule has 1 aromatic carbocycles. The standard InChI is InChI=1S/C19H22N4O2/c1-14-3-4-16(11-15(14)2)21-17-5-6-18(20-12-17)19(25)23-9-7-22(13-24)8-10-23/h3-6,11-13,21H,7-10H2,1-2H3. The van der Waals surface area contributed by atoms with Gasteiger partial charge in [0.2, 0.25) is 6.41 Å². The van der Waals surface area contributed by atoms with Crippen molar-refractivity contribution in [3.05, 3.63) is 53.3 Å². The van der Waals surface area contributed by atoms with Gasteiger partial charge in [0, 0.05) is 31.9 Å². The minimum Gasteiger partial charge on any atom is -0.354 e. The van der Waals surface area contributed by atoms with Gasteiger partial charge in [-0.15, -0.1) is 0 Å². The number of hydrogen-bond donors (Lipinski definition) is 1. The second-order valence-electron chi connectivity index (χ2n) is 6.29. The summed E-state index contributed by atoms with van der Waals surface area (Å²) in [5.41, 5.74) is 4.73. The maximum Gasteiger partial charge on any atom is 0.272 e. The number of carbonyl (C=O) groups excluding carboxylic acids is 2. The van der Waals surface area contributed by atoms with E-state index in [1.54, 1.807) is 22.1 Å². The molecule has 25 heavy (non-hydrogen) atoms. The van der Waals surface area contributed by atoms with Gasteiger partial charge in [0.25, 0.3) is 5.91 Å². The molecule has 130 valence electrons. The zero-order chi connectivity index (χ0) is 17.8. The van der Waals surface area contributed by atoms with E-state index in [1.807, 2.05) is 12.1 Å². The first-order valence-electron chi connectivity index (χ1n) is 8.36. The first-order chi connectivity index (χ1) is 12.1.